The van der Waals surface area contributed by atoms with Gasteiger partial charge in [-0.2, -0.15) is 0 Å². The Bertz CT molecular complexity index is 1440. The number of carboxylic acids is 1. The molecule has 0 atom stereocenters. The maximum Gasteiger partial charge on any atom is 0.335 e. The number of imidazole rings is 1. The van der Waals surface area contributed by atoms with E-state index in [2.05, 4.69) is 4.98 Å². The van der Waals surface area contributed by atoms with Crippen molar-refractivity contribution in [2.24, 2.45) is 0 Å². The Hall–Kier alpha value is -3.67. The number of rotatable bonds is 3. The Morgan fingerprint density at radius 3 is 2.70 bits per heavy atom. The molecule has 0 saturated heterocycles. The number of aromatic carboxylic acids is 1. The van der Waals surface area contributed by atoms with Crippen LogP contribution in [-0.4, -0.2) is 27.1 Å². The number of benzene rings is 3. The minimum absolute atomic E-state index is 0.139. The maximum absolute atomic E-state index is 13.2. The first-order valence-corrected chi connectivity index (χ1v) is 8.59. The Labute approximate surface area is 152 Å². The highest BCUT2D eigenvalue weighted by atomic mass is 16.5. The molecule has 0 radical (unpaired) electrons. The van der Waals surface area contributed by atoms with Gasteiger partial charge in [-0.15, -0.1) is 0 Å². The topological polar surface area (TPSA) is 80.9 Å². The lowest BCUT2D eigenvalue weighted by Crippen LogP contribution is -2.13. The number of hydrogen-bond acceptors (Lipinski definition) is 4. The number of carboxylic acid groups (broad SMARTS) is 1. The summed E-state index contributed by atoms with van der Waals surface area (Å²) in [7, 11) is 0. The summed E-state index contributed by atoms with van der Waals surface area (Å²) in [6.07, 6.45) is 0. The molecule has 0 saturated carbocycles. The van der Waals surface area contributed by atoms with Crippen molar-refractivity contribution in [1.82, 2.24) is 9.38 Å². The maximum atomic E-state index is 13.2. The SMILES string of the molecule is CCOc1ccc2c3c1cccc3c(=O)n1c3ccc(C(=O)O)cc3nc21. The first-order chi connectivity index (χ1) is 13.1. The molecular formula is C21H14N2O4. The zero-order valence-corrected chi connectivity index (χ0v) is 14.4. The van der Waals surface area contributed by atoms with Crippen LogP contribution in [0.1, 0.15) is 17.3 Å². The molecule has 6 heteroatoms. The molecule has 5 rings (SSSR count). The third-order valence-electron chi connectivity index (χ3n) is 4.88. The first kappa shape index (κ1) is 15.6. The van der Waals surface area contributed by atoms with Crippen molar-refractivity contribution in [3.63, 3.8) is 0 Å². The van der Waals surface area contributed by atoms with E-state index in [1.54, 1.807) is 16.5 Å². The van der Waals surface area contributed by atoms with Crippen molar-refractivity contribution in [3.8, 4) is 5.75 Å². The van der Waals surface area contributed by atoms with Gasteiger partial charge in [0.2, 0.25) is 0 Å². The summed E-state index contributed by atoms with van der Waals surface area (Å²) in [5, 5.41) is 12.3. The number of fused-ring (bicyclic) bond motifs is 4. The van der Waals surface area contributed by atoms with Crippen molar-refractivity contribution in [2.45, 2.75) is 6.92 Å². The summed E-state index contributed by atoms with van der Waals surface area (Å²) in [6.45, 7) is 2.45. The van der Waals surface area contributed by atoms with E-state index in [0.29, 0.717) is 28.7 Å². The molecule has 0 fully saturated rings. The number of aromatic nitrogens is 2. The highest BCUT2D eigenvalue weighted by Gasteiger charge is 2.18. The summed E-state index contributed by atoms with van der Waals surface area (Å²) in [5.74, 6) is -0.301. The van der Waals surface area contributed by atoms with E-state index in [0.717, 1.165) is 21.9 Å². The van der Waals surface area contributed by atoms with Gasteiger partial charge in [0, 0.05) is 21.5 Å². The van der Waals surface area contributed by atoms with Crippen LogP contribution < -0.4 is 10.3 Å². The number of pyridine rings is 1. The first-order valence-electron chi connectivity index (χ1n) is 8.59. The highest BCUT2D eigenvalue weighted by molar-refractivity contribution is 6.17. The van der Waals surface area contributed by atoms with Gasteiger partial charge < -0.3 is 9.84 Å². The van der Waals surface area contributed by atoms with E-state index in [1.807, 2.05) is 31.2 Å². The highest BCUT2D eigenvalue weighted by Crippen LogP contribution is 2.35. The minimum Gasteiger partial charge on any atom is -0.493 e. The van der Waals surface area contributed by atoms with Crippen LogP contribution in [0.3, 0.4) is 0 Å². The molecule has 0 aliphatic heterocycles. The zero-order valence-electron chi connectivity index (χ0n) is 14.4. The van der Waals surface area contributed by atoms with Crippen molar-refractivity contribution in [1.29, 1.82) is 0 Å². The summed E-state index contributed by atoms with van der Waals surface area (Å²) >= 11 is 0. The molecule has 0 spiro atoms. The van der Waals surface area contributed by atoms with E-state index >= 15 is 0 Å². The number of ether oxygens (including phenoxy) is 1. The Morgan fingerprint density at radius 2 is 1.93 bits per heavy atom. The second-order valence-electron chi connectivity index (χ2n) is 6.36. The van der Waals surface area contributed by atoms with Gasteiger partial charge in [0.1, 0.15) is 11.4 Å². The summed E-state index contributed by atoms with van der Waals surface area (Å²) in [4.78, 5) is 29.1. The second-order valence-corrected chi connectivity index (χ2v) is 6.36. The van der Waals surface area contributed by atoms with Gasteiger partial charge in [0.05, 0.1) is 23.2 Å². The van der Waals surface area contributed by atoms with E-state index in [9.17, 15) is 14.7 Å². The van der Waals surface area contributed by atoms with Crippen LogP contribution >= 0.6 is 0 Å². The van der Waals surface area contributed by atoms with Crippen LogP contribution in [-0.2, 0) is 0 Å². The van der Waals surface area contributed by atoms with Crippen molar-refractivity contribution in [3.05, 3.63) is 64.4 Å². The third kappa shape index (κ3) is 2.04. The van der Waals surface area contributed by atoms with Crippen molar-refractivity contribution >= 4 is 44.2 Å². The van der Waals surface area contributed by atoms with Gasteiger partial charge in [0.25, 0.3) is 5.56 Å². The van der Waals surface area contributed by atoms with Crippen LogP contribution in [0.5, 0.6) is 5.75 Å². The molecule has 0 bridgehead atoms. The Kier molecular flexibility index (Phi) is 3.12. The quantitative estimate of drug-likeness (QED) is 0.532. The summed E-state index contributed by atoms with van der Waals surface area (Å²) < 4.78 is 7.27. The van der Waals surface area contributed by atoms with E-state index in [1.165, 1.54) is 12.1 Å². The van der Waals surface area contributed by atoms with Gasteiger partial charge in [-0.05, 0) is 43.3 Å². The van der Waals surface area contributed by atoms with Crippen LogP contribution in [0.15, 0.2) is 53.3 Å². The molecule has 27 heavy (non-hydrogen) atoms. The van der Waals surface area contributed by atoms with Crippen LogP contribution in [0, 0.1) is 0 Å². The van der Waals surface area contributed by atoms with Crippen molar-refractivity contribution in [2.75, 3.05) is 6.61 Å². The normalized spacial score (nSPS) is 11.7. The average molecular weight is 358 g/mol. The monoisotopic (exact) mass is 358 g/mol. The molecule has 2 heterocycles. The Morgan fingerprint density at radius 1 is 1.11 bits per heavy atom. The molecule has 3 aromatic carbocycles. The molecular weight excluding hydrogens is 344 g/mol. The van der Waals surface area contributed by atoms with E-state index in [4.69, 9.17) is 4.74 Å². The van der Waals surface area contributed by atoms with Gasteiger partial charge in [-0.25, -0.2) is 9.78 Å². The predicted molar refractivity (Wildman–Crippen MR) is 103 cm³/mol. The lowest BCUT2D eigenvalue weighted by atomic mass is 10.0. The molecule has 0 amide bonds. The zero-order chi connectivity index (χ0) is 18.7. The summed E-state index contributed by atoms with van der Waals surface area (Å²) in [5.41, 5.74) is 1.55. The fourth-order valence-electron chi connectivity index (χ4n) is 3.75. The fraction of sp³-hybridized carbons (Fsp3) is 0.0952. The molecule has 0 aliphatic carbocycles. The van der Waals surface area contributed by atoms with Crippen LogP contribution in [0.4, 0.5) is 0 Å². The van der Waals surface area contributed by atoms with Gasteiger partial charge in [-0.1, -0.05) is 12.1 Å². The molecule has 0 aliphatic rings. The smallest absolute Gasteiger partial charge is 0.335 e. The minimum atomic E-state index is -1.03. The van der Waals surface area contributed by atoms with Gasteiger partial charge >= 0.3 is 5.97 Å². The lowest BCUT2D eigenvalue weighted by Gasteiger charge is -2.11. The van der Waals surface area contributed by atoms with E-state index in [-0.39, 0.29) is 11.1 Å². The molecule has 0 unspecified atom stereocenters. The number of carbonyl (C=O) groups is 1. The third-order valence-corrected chi connectivity index (χ3v) is 4.88. The molecule has 2 aromatic heterocycles. The molecule has 6 nitrogen and oxygen atoms in total. The van der Waals surface area contributed by atoms with Crippen molar-refractivity contribution < 1.29 is 14.6 Å². The average Bonchev–Trinajstić information content (AvgIpc) is 3.06. The van der Waals surface area contributed by atoms with E-state index < -0.39 is 5.97 Å². The fourth-order valence-corrected chi connectivity index (χ4v) is 3.75. The van der Waals surface area contributed by atoms with Crippen LogP contribution in [0.2, 0.25) is 0 Å². The Balaban J connectivity index is 2.02. The molecule has 5 aromatic rings. The second kappa shape index (κ2) is 5.41. The largest absolute Gasteiger partial charge is 0.493 e. The molecule has 1 N–H and O–H groups in total. The van der Waals surface area contributed by atoms with Gasteiger partial charge in [0.15, 0.2) is 0 Å². The lowest BCUT2D eigenvalue weighted by molar-refractivity contribution is 0.0697. The standard InChI is InChI=1S/C21H14N2O4/c1-2-27-17-9-7-13-18-12(17)4-3-5-14(18)20(24)23-16-8-6-11(21(25)26)10-15(16)22-19(13)23/h3-10H,2H2,1H3,(H,25,26). The summed E-state index contributed by atoms with van der Waals surface area (Å²) in [6, 6.07) is 14.0. The van der Waals surface area contributed by atoms with Gasteiger partial charge in [-0.3, -0.25) is 9.20 Å². The number of nitrogens with zero attached hydrogens (tertiary/aromatic N) is 2. The molecule has 132 valence electrons. The number of hydrogen-bond donors (Lipinski definition) is 1. The predicted octanol–water partition coefficient (Wildman–Crippen LogP) is 3.69. The van der Waals surface area contributed by atoms with Crippen LogP contribution in [0.25, 0.3) is 38.2 Å².